The highest BCUT2D eigenvalue weighted by molar-refractivity contribution is 8.02. The average molecular weight is 316 g/mol. The van der Waals surface area contributed by atoms with E-state index in [9.17, 15) is 9.59 Å². The van der Waals surface area contributed by atoms with Crippen LogP contribution in [0.15, 0.2) is 41.3 Å². The van der Waals surface area contributed by atoms with Gasteiger partial charge in [-0.1, -0.05) is 36.0 Å². The van der Waals surface area contributed by atoms with Crippen molar-refractivity contribution in [1.29, 1.82) is 0 Å². The molecule has 0 aromatic heterocycles. The Bertz CT molecular complexity index is 658. The minimum Gasteiger partial charge on any atom is -0.336 e. The van der Waals surface area contributed by atoms with Gasteiger partial charge >= 0.3 is 0 Å². The molecule has 0 saturated carbocycles. The number of para-hydroxylation sites is 1. The Labute approximate surface area is 135 Å². The molecule has 1 saturated heterocycles. The quantitative estimate of drug-likeness (QED) is 0.802. The second-order valence-electron chi connectivity index (χ2n) is 5.86. The standard InChI is InChI=1S/C17H20N2O2S/c1-4-18(11-12(2)3)16(21)17-10-9-15(20)19(17)13-7-5-6-8-14(13)22-17/h5-8H,2,4,9-11H2,1,3H3/t17-/m1/s1. The summed E-state index contributed by atoms with van der Waals surface area (Å²) in [5, 5.41) is 0. The maximum atomic E-state index is 13.2. The summed E-state index contributed by atoms with van der Waals surface area (Å²) in [6.07, 6.45) is 0.994. The van der Waals surface area contributed by atoms with E-state index in [0.717, 1.165) is 16.2 Å². The molecule has 1 atom stereocenters. The predicted molar refractivity (Wildman–Crippen MR) is 88.8 cm³/mol. The fourth-order valence-corrected chi connectivity index (χ4v) is 4.67. The van der Waals surface area contributed by atoms with Gasteiger partial charge in [0.1, 0.15) is 0 Å². The number of hydrogen-bond donors (Lipinski definition) is 0. The molecule has 0 N–H and O–H groups in total. The fourth-order valence-electron chi connectivity index (χ4n) is 3.18. The molecule has 1 aromatic carbocycles. The summed E-state index contributed by atoms with van der Waals surface area (Å²) in [7, 11) is 0. The molecule has 0 unspecified atom stereocenters. The minimum absolute atomic E-state index is 0.0186. The third-order valence-corrected chi connectivity index (χ3v) is 5.60. The van der Waals surface area contributed by atoms with Crippen molar-refractivity contribution in [3.63, 3.8) is 0 Å². The van der Waals surface area contributed by atoms with Crippen molar-refractivity contribution in [3.05, 3.63) is 36.4 Å². The first-order valence-electron chi connectivity index (χ1n) is 7.54. The van der Waals surface area contributed by atoms with E-state index in [1.54, 1.807) is 9.80 Å². The van der Waals surface area contributed by atoms with Crippen LogP contribution >= 0.6 is 11.8 Å². The second-order valence-corrected chi connectivity index (χ2v) is 7.18. The predicted octanol–water partition coefficient (Wildman–Crippen LogP) is 3.04. The number of nitrogens with zero attached hydrogens (tertiary/aromatic N) is 2. The number of fused-ring (bicyclic) bond motifs is 3. The van der Waals surface area contributed by atoms with E-state index in [-0.39, 0.29) is 11.8 Å². The van der Waals surface area contributed by atoms with Crippen LogP contribution in [0.3, 0.4) is 0 Å². The summed E-state index contributed by atoms with van der Waals surface area (Å²) in [5.74, 6) is 0.0576. The Morgan fingerprint density at radius 3 is 2.86 bits per heavy atom. The Morgan fingerprint density at radius 2 is 2.18 bits per heavy atom. The number of rotatable bonds is 4. The molecule has 0 spiro atoms. The van der Waals surface area contributed by atoms with E-state index >= 15 is 0 Å². The largest absolute Gasteiger partial charge is 0.336 e. The lowest BCUT2D eigenvalue weighted by molar-refractivity contribution is -0.133. The van der Waals surface area contributed by atoms with Crippen LogP contribution in [0.4, 0.5) is 5.69 Å². The number of amides is 2. The van der Waals surface area contributed by atoms with E-state index in [4.69, 9.17) is 0 Å². The number of hydrogen-bond acceptors (Lipinski definition) is 3. The molecular formula is C17H20N2O2S. The normalized spacial score (nSPS) is 22.5. The van der Waals surface area contributed by atoms with Crippen molar-refractivity contribution in [2.45, 2.75) is 36.5 Å². The molecule has 4 nitrogen and oxygen atoms in total. The van der Waals surface area contributed by atoms with Gasteiger partial charge in [0, 0.05) is 24.4 Å². The monoisotopic (exact) mass is 316 g/mol. The molecule has 1 aromatic rings. The fraction of sp³-hybridized carbons (Fsp3) is 0.412. The molecule has 0 aliphatic carbocycles. The highest BCUT2D eigenvalue weighted by Gasteiger charge is 2.58. The van der Waals surface area contributed by atoms with Gasteiger partial charge in [-0.3, -0.25) is 14.5 Å². The molecule has 2 heterocycles. The van der Waals surface area contributed by atoms with Gasteiger partial charge in [-0.05, 0) is 32.4 Å². The number of thioether (sulfide) groups is 1. The second kappa shape index (κ2) is 5.47. The molecule has 0 radical (unpaired) electrons. The summed E-state index contributed by atoms with van der Waals surface area (Å²) in [6.45, 7) is 8.95. The van der Waals surface area contributed by atoms with Gasteiger partial charge in [0.25, 0.3) is 5.91 Å². The molecule has 2 aliphatic heterocycles. The first-order chi connectivity index (χ1) is 10.5. The van der Waals surface area contributed by atoms with Gasteiger partial charge in [-0.25, -0.2) is 0 Å². The smallest absolute Gasteiger partial charge is 0.260 e. The van der Waals surface area contributed by atoms with Gasteiger partial charge in [0.15, 0.2) is 4.87 Å². The van der Waals surface area contributed by atoms with Gasteiger partial charge in [0.05, 0.1) is 5.69 Å². The Balaban J connectivity index is 2.00. The molecule has 22 heavy (non-hydrogen) atoms. The SMILES string of the molecule is C=C(C)CN(CC)C(=O)[C@]12CCC(=O)N1c1ccccc1S2. The van der Waals surface area contributed by atoms with Gasteiger partial charge < -0.3 is 4.90 Å². The van der Waals surface area contributed by atoms with Crippen LogP contribution in [0.5, 0.6) is 0 Å². The van der Waals surface area contributed by atoms with Gasteiger partial charge in [0.2, 0.25) is 5.91 Å². The third kappa shape index (κ3) is 2.15. The third-order valence-electron chi connectivity index (χ3n) is 4.14. The Kier molecular flexibility index (Phi) is 3.77. The van der Waals surface area contributed by atoms with Crippen LogP contribution in [0.1, 0.15) is 26.7 Å². The highest BCUT2D eigenvalue weighted by Crippen LogP contribution is 2.56. The van der Waals surface area contributed by atoms with Crippen LogP contribution in [0.25, 0.3) is 0 Å². The first-order valence-corrected chi connectivity index (χ1v) is 8.36. The number of carbonyl (C=O) groups excluding carboxylic acids is 2. The maximum absolute atomic E-state index is 13.2. The van der Waals surface area contributed by atoms with E-state index in [1.165, 1.54) is 11.8 Å². The van der Waals surface area contributed by atoms with Crippen molar-refractivity contribution in [1.82, 2.24) is 4.90 Å². The van der Waals surface area contributed by atoms with E-state index in [0.29, 0.717) is 25.9 Å². The molecule has 0 bridgehead atoms. The number of carbonyl (C=O) groups is 2. The van der Waals surface area contributed by atoms with Crippen molar-refractivity contribution < 1.29 is 9.59 Å². The molecule has 2 aliphatic rings. The topological polar surface area (TPSA) is 40.6 Å². The van der Waals surface area contributed by atoms with E-state index in [1.807, 2.05) is 38.1 Å². The number of anilines is 1. The van der Waals surface area contributed by atoms with Crippen LogP contribution in [-0.4, -0.2) is 34.7 Å². The Hall–Kier alpha value is -1.75. The van der Waals surface area contributed by atoms with E-state index < -0.39 is 4.87 Å². The summed E-state index contributed by atoms with van der Waals surface area (Å²) < 4.78 is 0. The highest BCUT2D eigenvalue weighted by atomic mass is 32.2. The lowest BCUT2D eigenvalue weighted by Gasteiger charge is -2.35. The van der Waals surface area contributed by atoms with Gasteiger partial charge in [-0.2, -0.15) is 0 Å². The summed E-state index contributed by atoms with van der Waals surface area (Å²) in [4.78, 5) is 29.3. The molecule has 5 heteroatoms. The summed E-state index contributed by atoms with van der Waals surface area (Å²) >= 11 is 1.52. The van der Waals surface area contributed by atoms with Crippen LogP contribution < -0.4 is 4.90 Å². The zero-order valence-corrected chi connectivity index (χ0v) is 13.8. The molecule has 2 amide bonds. The van der Waals surface area contributed by atoms with Crippen LogP contribution in [-0.2, 0) is 9.59 Å². The minimum atomic E-state index is -0.799. The van der Waals surface area contributed by atoms with Crippen LogP contribution in [0.2, 0.25) is 0 Å². The zero-order chi connectivity index (χ0) is 15.9. The van der Waals surface area contributed by atoms with Crippen molar-refractivity contribution in [2.24, 2.45) is 0 Å². The molecule has 116 valence electrons. The van der Waals surface area contributed by atoms with Crippen molar-refractivity contribution in [3.8, 4) is 0 Å². The van der Waals surface area contributed by atoms with Crippen molar-refractivity contribution >= 4 is 29.3 Å². The number of benzene rings is 1. The molecule has 3 rings (SSSR count). The average Bonchev–Trinajstić information content (AvgIpc) is 3.00. The zero-order valence-electron chi connectivity index (χ0n) is 13.0. The lowest BCUT2D eigenvalue weighted by Crippen LogP contribution is -2.54. The Morgan fingerprint density at radius 1 is 1.45 bits per heavy atom. The summed E-state index contributed by atoms with van der Waals surface area (Å²) in [5.41, 5.74) is 1.82. The maximum Gasteiger partial charge on any atom is 0.260 e. The van der Waals surface area contributed by atoms with E-state index in [2.05, 4.69) is 6.58 Å². The van der Waals surface area contributed by atoms with Crippen LogP contribution in [0, 0.1) is 0 Å². The number of likely N-dealkylation sites (N-methyl/N-ethyl adjacent to an activating group) is 1. The van der Waals surface area contributed by atoms with Gasteiger partial charge in [-0.15, -0.1) is 0 Å². The first kappa shape index (κ1) is 15.2. The molecule has 1 fully saturated rings. The molecular weight excluding hydrogens is 296 g/mol. The van der Waals surface area contributed by atoms with Crippen molar-refractivity contribution in [2.75, 3.05) is 18.0 Å². The summed E-state index contributed by atoms with van der Waals surface area (Å²) in [6, 6.07) is 7.77. The lowest BCUT2D eigenvalue weighted by atomic mass is 10.1.